The molecule has 16 heavy (non-hydrogen) atoms. The van der Waals surface area contributed by atoms with Gasteiger partial charge in [-0.25, -0.2) is 4.68 Å². The van der Waals surface area contributed by atoms with Crippen LogP contribution in [0.3, 0.4) is 0 Å². The summed E-state index contributed by atoms with van der Waals surface area (Å²) in [6, 6.07) is 7.74. The van der Waals surface area contributed by atoms with Crippen LogP contribution in [0.2, 0.25) is 0 Å². The van der Waals surface area contributed by atoms with E-state index in [-0.39, 0.29) is 0 Å². The molecule has 5 nitrogen and oxygen atoms in total. The molecule has 5 heteroatoms. The van der Waals surface area contributed by atoms with Crippen molar-refractivity contribution in [3.63, 3.8) is 0 Å². The van der Waals surface area contributed by atoms with E-state index in [1.54, 1.807) is 24.4 Å². The first-order chi connectivity index (χ1) is 7.79. The number of aromatic nitrogens is 3. The van der Waals surface area contributed by atoms with Crippen molar-refractivity contribution >= 4 is 5.71 Å². The molecule has 0 saturated heterocycles. The van der Waals surface area contributed by atoms with Crippen LogP contribution >= 0.6 is 0 Å². The second-order valence-corrected chi connectivity index (χ2v) is 3.26. The molecular formula is C11H12N4O. The summed E-state index contributed by atoms with van der Waals surface area (Å²) in [5.74, 6) is 0.816. The first kappa shape index (κ1) is 10.4. The molecule has 0 saturated carbocycles. The second-order valence-electron chi connectivity index (χ2n) is 3.26. The van der Waals surface area contributed by atoms with E-state index in [0.717, 1.165) is 17.0 Å². The van der Waals surface area contributed by atoms with Crippen molar-refractivity contribution in [2.24, 2.45) is 5.10 Å². The summed E-state index contributed by atoms with van der Waals surface area (Å²) < 4.78 is 6.72. The third kappa shape index (κ3) is 2.25. The van der Waals surface area contributed by atoms with Crippen LogP contribution in [0.4, 0.5) is 0 Å². The summed E-state index contributed by atoms with van der Waals surface area (Å²) in [5.41, 5.74) is 1.88. The first-order valence-electron chi connectivity index (χ1n) is 4.84. The lowest BCUT2D eigenvalue weighted by molar-refractivity contribution is 0.414. The normalized spacial score (nSPS) is 11.5. The Balaban J connectivity index is 2.29. The molecule has 0 atom stereocenters. The van der Waals surface area contributed by atoms with E-state index in [4.69, 9.17) is 4.74 Å². The molecular weight excluding hydrogens is 204 g/mol. The topological polar surface area (TPSA) is 52.3 Å². The van der Waals surface area contributed by atoms with E-state index in [1.165, 1.54) is 0 Å². The Labute approximate surface area is 93.4 Å². The Morgan fingerprint density at radius 2 is 2.06 bits per heavy atom. The van der Waals surface area contributed by atoms with Crippen molar-refractivity contribution in [2.45, 2.75) is 6.92 Å². The maximum absolute atomic E-state index is 5.15. The lowest BCUT2D eigenvalue weighted by Crippen LogP contribution is -1.98. The minimum atomic E-state index is 0.816. The van der Waals surface area contributed by atoms with Gasteiger partial charge in [-0.15, -0.1) is 10.2 Å². The largest absolute Gasteiger partial charge is 0.497 e. The fraction of sp³-hybridized carbons (Fsp3) is 0.182. The number of benzene rings is 1. The van der Waals surface area contributed by atoms with Gasteiger partial charge in [0.25, 0.3) is 0 Å². The van der Waals surface area contributed by atoms with Crippen molar-refractivity contribution in [3.8, 4) is 5.75 Å². The molecule has 0 amide bonds. The van der Waals surface area contributed by atoms with Gasteiger partial charge in [-0.2, -0.15) is 5.10 Å². The summed E-state index contributed by atoms with van der Waals surface area (Å²) in [4.78, 5) is 0. The van der Waals surface area contributed by atoms with Gasteiger partial charge in [0.15, 0.2) is 0 Å². The molecule has 2 aromatic rings. The van der Waals surface area contributed by atoms with E-state index in [9.17, 15) is 0 Å². The third-order valence-electron chi connectivity index (χ3n) is 2.16. The summed E-state index contributed by atoms with van der Waals surface area (Å²) >= 11 is 0. The van der Waals surface area contributed by atoms with Crippen molar-refractivity contribution in [1.82, 2.24) is 14.9 Å². The molecule has 1 aromatic heterocycles. The fourth-order valence-corrected chi connectivity index (χ4v) is 1.33. The maximum atomic E-state index is 5.15. The van der Waals surface area contributed by atoms with Crippen LogP contribution in [0.15, 0.2) is 42.0 Å². The zero-order chi connectivity index (χ0) is 11.4. The van der Waals surface area contributed by atoms with Crippen molar-refractivity contribution in [3.05, 3.63) is 42.5 Å². The Hall–Kier alpha value is -2.17. The van der Waals surface area contributed by atoms with Crippen LogP contribution in [0.5, 0.6) is 5.75 Å². The number of methoxy groups -OCH3 is 1. The van der Waals surface area contributed by atoms with Gasteiger partial charge in [0, 0.05) is 5.56 Å². The molecule has 0 aliphatic carbocycles. The Morgan fingerprint density at radius 3 is 2.75 bits per heavy atom. The van der Waals surface area contributed by atoms with E-state index in [0.29, 0.717) is 0 Å². The number of hydrogen-bond donors (Lipinski definition) is 0. The molecule has 0 unspecified atom stereocenters. The van der Waals surface area contributed by atoms with E-state index in [1.807, 2.05) is 31.2 Å². The van der Waals surface area contributed by atoms with Crippen LogP contribution in [0.25, 0.3) is 0 Å². The molecule has 0 aliphatic heterocycles. The highest BCUT2D eigenvalue weighted by atomic mass is 16.5. The van der Waals surface area contributed by atoms with E-state index in [2.05, 4.69) is 15.3 Å². The van der Waals surface area contributed by atoms with Gasteiger partial charge in [-0.3, -0.25) is 0 Å². The Kier molecular flexibility index (Phi) is 2.95. The highest BCUT2D eigenvalue weighted by molar-refractivity contribution is 5.98. The minimum absolute atomic E-state index is 0.816. The predicted molar refractivity (Wildman–Crippen MR) is 60.6 cm³/mol. The molecule has 0 spiro atoms. The van der Waals surface area contributed by atoms with Gasteiger partial charge in [-0.1, -0.05) is 12.1 Å². The highest BCUT2D eigenvalue weighted by Gasteiger charge is 1.99. The molecule has 1 heterocycles. The lowest BCUT2D eigenvalue weighted by atomic mass is 10.1. The summed E-state index contributed by atoms with van der Waals surface area (Å²) in [7, 11) is 1.64. The van der Waals surface area contributed by atoms with Gasteiger partial charge in [-0.05, 0) is 19.1 Å². The zero-order valence-corrected chi connectivity index (χ0v) is 9.16. The van der Waals surface area contributed by atoms with Gasteiger partial charge in [0.05, 0.1) is 12.8 Å². The highest BCUT2D eigenvalue weighted by Crippen LogP contribution is 2.13. The first-order valence-corrected chi connectivity index (χ1v) is 4.84. The minimum Gasteiger partial charge on any atom is -0.497 e. The maximum Gasteiger partial charge on any atom is 0.141 e. The van der Waals surface area contributed by atoms with Crippen LogP contribution in [-0.4, -0.2) is 27.7 Å². The average Bonchev–Trinajstić information content (AvgIpc) is 2.82. The zero-order valence-electron chi connectivity index (χ0n) is 9.16. The van der Waals surface area contributed by atoms with Crippen LogP contribution < -0.4 is 4.74 Å². The number of nitrogens with zero attached hydrogens (tertiary/aromatic N) is 4. The summed E-state index contributed by atoms with van der Waals surface area (Å²) in [6.45, 7) is 1.93. The molecule has 0 bridgehead atoms. The quantitative estimate of drug-likeness (QED) is 0.731. The Morgan fingerprint density at radius 1 is 1.31 bits per heavy atom. The van der Waals surface area contributed by atoms with Gasteiger partial charge >= 0.3 is 0 Å². The van der Waals surface area contributed by atoms with Crippen molar-refractivity contribution in [1.29, 1.82) is 0 Å². The third-order valence-corrected chi connectivity index (χ3v) is 2.16. The molecule has 0 aliphatic rings. The summed E-state index contributed by atoms with van der Waals surface area (Å²) in [5, 5.41) is 11.7. The van der Waals surface area contributed by atoms with Crippen molar-refractivity contribution in [2.75, 3.05) is 7.11 Å². The van der Waals surface area contributed by atoms with Crippen LogP contribution in [0, 0.1) is 0 Å². The van der Waals surface area contributed by atoms with E-state index < -0.39 is 0 Å². The SMILES string of the molecule is COc1cccc(/C(C)=N\n2cnnc2)c1. The summed E-state index contributed by atoms with van der Waals surface area (Å²) in [6.07, 6.45) is 3.09. The van der Waals surface area contributed by atoms with E-state index >= 15 is 0 Å². The lowest BCUT2D eigenvalue weighted by Gasteiger charge is -2.03. The van der Waals surface area contributed by atoms with Gasteiger partial charge in [0.1, 0.15) is 18.4 Å². The Bertz CT molecular complexity index is 490. The molecule has 0 fully saturated rings. The smallest absolute Gasteiger partial charge is 0.141 e. The van der Waals surface area contributed by atoms with Gasteiger partial charge in [0.2, 0.25) is 0 Å². The number of rotatable bonds is 3. The van der Waals surface area contributed by atoms with Crippen LogP contribution in [-0.2, 0) is 0 Å². The van der Waals surface area contributed by atoms with Gasteiger partial charge < -0.3 is 4.74 Å². The molecule has 82 valence electrons. The molecule has 2 rings (SSSR count). The number of ether oxygens (including phenoxy) is 1. The van der Waals surface area contributed by atoms with Crippen LogP contribution in [0.1, 0.15) is 12.5 Å². The number of hydrogen-bond acceptors (Lipinski definition) is 4. The molecule has 0 radical (unpaired) electrons. The molecule has 0 N–H and O–H groups in total. The molecule has 1 aromatic carbocycles. The average molecular weight is 216 g/mol. The standard InChI is InChI=1S/C11H12N4O/c1-9(14-15-7-12-13-8-15)10-4-3-5-11(6-10)16-2/h3-8H,1-2H3/b14-9-. The second kappa shape index (κ2) is 4.57. The fourth-order valence-electron chi connectivity index (χ4n) is 1.33. The monoisotopic (exact) mass is 216 g/mol. The predicted octanol–water partition coefficient (Wildman–Crippen LogP) is 1.56. The van der Waals surface area contributed by atoms with Crippen molar-refractivity contribution < 1.29 is 4.74 Å².